The van der Waals surface area contributed by atoms with E-state index in [-0.39, 0.29) is 23.8 Å². The zero-order valence-electron chi connectivity index (χ0n) is 9.73. The van der Waals surface area contributed by atoms with E-state index < -0.39 is 29.7 Å². The number of nitrogens with one attached hydrogen (secondary N) is 1. The lowest BCUT2D eigenvalue weighted by atomic mass is 10.0. The van der Waals surface area contributed by atoms with Gasteiger partial charge in [0.25, 0.3) is 5.91 Å². The van der Waals surface area contributed by atoms with Gasteiger partial charge in [-0.3, -0.25) is 9.59 Å². The Morgan fingerprint density at radius 3 is 2.84 bits per heavy atom. The number of hydrogen-bond donors (Lipinski definition) is 2. The van der Waals surface area contributed by atoms with Gasteiger partial charge in [0.15, 0.2) is 0 Å². The zero-order chi connectivity index (χ0) is 14.0. The molecular weight excluding hydrogens is 277 g/mol. The number of ether oxygens (including phenoxy) is 1. The molecule has 1 heterocycles. The lowest BCUT2D eigenvalue weighted by molar-refractivity contribution is -0.142. The van der Waals surface area contributed by atoms with E-state index in [1.165, 1.54) is 12.1 Å². The summed E-state index contributed by atoms with van der Waals surface area (Å²) in [6.45, 7) is 0.114. The van der Waals surface area contributed by atoms with E-state index in [2.05, 4.69) is 5.32 Å². The number of aliphatic carboxylic acids is 1. The summed E-state index contributed by atoms with van der Waals surface area (Å²) in [4.78, 5) is 22.8. The molecule has 0 aromatic heterocycles. The summed E-state index contributed by atoms with van der Waals surface area (Å²) in [7, 11) is 0. The Labute approximate surface area is 113 Å². The highest BCUT2D eigenvalue weighted by Crippen LogP contribution is 2.17. The number of amides is 1. The predicted molar refractivity (Wildman–Crippen MR) is 64.6 cm³/mol. The molecule has 5 nitrogen and oxygen atoms in total. The molecule has 2 N–H and O–H groups in total. The van der Waals surface area contributed by atoms with Gasteiger partial charge >= 0.3 is 5.97 Å². The van der Waals surface area contributed by atoms with Crippen LogP contribution < -0.4 is 5.32 Å². The number of rotatable bonds is 3. The zero-order valence-corrected chi connectivity index (χ0v) is 10.5. The SMILES string of the molecule is O=C(NC1COCC1C(=O)O)c1cc(Cl)ccc1F. The van der Waals surface area contributed by atoms with Crippen LogP contribution in [0, 0.1) is 11.7 Å². The minimum atomic E-state index is -1.06. The maximum Gasteiger partial charge on any atom is 0.311 e. The Balaban J connectivity index is 2.12. The van der Waals surface area contributed by atoms with Crippen LogP contribution in [-0.2, 0) is 9.53 Å². The van der Waals surface area contributed by atoms with Crippen LogP contribution in [0.2, 0.25) is 5.02 Å². The van der Waals surface area contributed by atoms with Gasteiger partial charge < -0.3 is 15.2 Å². The average Bonchev–Trinajstić information content (AvgIpc) is 2.80. The van der Waals surface area contributed by atoms with E-state index in [1.54, 1.807) is 0 Å². The molecule has 19 heavy (non-hydrogen) atoms. The van der Waals surface area contributed by atoms with Crippen molar-refractivity contribution < 1.29 is 23.8 Å². The van der Waals surface area contributed by atoms with Crippen LogP contribution >= 0.6 is 11.6 Å². The molecule has 1 amide bonds. The van der Waals surface area contributed by atoms with Gasteiger partial charge in [-0.1, -0.05) is 11.6 Å². The summed E-state index contributed by atoms with van der Waals surface area (Å²) in [5.74, 6) is -3.31. The number of hydrogen-bond acceptors (Lipinski definition) is 3. The molecule has 0 radical (unpaired) electrons. The molecule has 2 unspecified atom stereocenters. The summed E-state index contributed by atoms with van der Waals surface area (Å²) in [5.41, 5.74) is -0.219. The highest BCUT2D eigenvalue weighted by molar-refractivity contribution is 6.31. The van der Waals surface area contributed by atoms with Crippen molar-refractivity contribution in [1.29, 1.82) is 0 Å². The van der Waals surface area contributed by atoms with Crippen molar-refractivity contribution in [2.75, 3.05) is 13.2 Å². The first-order valence-corrected chi connectivity index (χ1v) is 5.93. The van der Waals surface area contributed by atoms with Gasteiger partial charge in [0.1, 0.15) is 11.7 Å². The van der Waals surface area contributed by atoms with Crippen molar-refractivity contribution in [3.63, 3.8) is 0 Å². The van der Waals surface area contributed by atoms with Gasteiger partial charge in [-0.05, 0) is 18.2 Å². The fourth-order valence-electron chi connectivity index (χ4n) is 1.86. The Hall–Kier alpha value is -1.66. The fourth-order valence-corrected chi connectivity index (χ4v) is 2.03. The largest absolute Gasteiger partial charge is 0.481 e. The van der Waals surface area contributed by atoms with Gasteiger partial charge in [0.05, 0.1) is 24.8 Å². The smallest absolute Gasteiger partial charge is 0.311 e. The minimum Gasteiger partial charge on any atom is -0.481 e. The van der Waals surface area contributed by atoms with Gasteiger partial charge in [0.2, 0.25) is 0 Å². The maximum atomic E-state index is 13.5. The van der Waals surface area contributed by atoms with Gasteiger partial charge in [-0.25, -0.2) is 4.39 Å². The van der Waals surface area contributed by atoms with E-state index in [0.29, 0.717) is 0 Å². The first kappa shape index (κ1) is 13.8. The summed E-state index contributed by atoms with van der Waals surface area (Å²) >= 11 is 5.69. The second-order valence-electron chi connectivity index (χ2n) is 4.19. The summed E-state index contributed by atoms with van der Waals surface area (Å²) < 4.78 is 18.5. The topological polar surface area (TPSA) is 75.6 Å². The molecule has 1 aromatic rings. The summed E-state index contributed by atoms with van der Waals surface area (Å²) in [6.07, 6.45) is 0. The third-order valence-electron chi connectivity index (χ3n) is 2.89. The monoisotopic (exact) mass is 287 g/mol. The second kappa shape index (κ2) is 5.54. The lowest BCUT2D eigenvalue weighted by Crippen LogP contribution is -2.42. The molecule has 2 atom stereocenters. The summed E-state index contributed by atoms with van der Waals surface area (Å²) in [5, 5.41) is 11.6. The standard InChI is InChI=1S/C12H11ClFNO4/c13-6-1-2-9(14)7(3-6)11(16)15-10-5-19-4-8(10)12(17)18/h1-3,8,10H,4-5H2,(H,15,16)(H,17,18). The Kier molecular flexibility index (Phi) is 4.01. The van der Waals surface area contributed by atoms with Crippen molar-refractivity contribution in [2.45, 2.75) is 6.04 Å². The molecule has 1 aromatic carbocycles. The third-order valence-corrected chi connectivity index (χ3v) is 3.12. The van der Waals surface area contributed by atoms with Gasteiger partial charge in [0, 0.05) is 5.02 Å². The quantitative estimate of drug-likeness (QED) is 0.879. The third kappa shape index (κ3) is 3.02. The van der Waals surface area contributed by atoms with Crippen molar-refractivity contribution in [2.24, 2.45) is 5.92 Å². The van der Waals surface area contributed by atoms with Crippen LogP contribution in [-0.4, -0.2) is 36.2 Å². The maximum absolute atomic E-state index is 13.5. The number of carbonyl (C=O) groups is 2. The van der Waals surface area contributed by atoms with Crippen molar-refractivity contribution in [3.05, 3.63) is 34.6 Å². The van der Waals surface area contributed by atoms with Crippen LogP contribution in [0.5, 0.6) is 0 Å². The summed E-state index contributed by atoms with van der Waals surface area (Å²) in [6, 6.07) is 2.92. The van der Waals surface area contributed by atoms with Crippen LogP contribution in [0.25, 0.3) is 0 Å². The minimum absolute atomic E-state index is 0.0261. The lowest BCUT2D eigenvalue weighted by Gasteiger charge is -2.15. The predicted octanol–water partition coefficient (Wildman–Crippen LogP) is 1.31. The molecule has 1 fully saturated rings. The van der Waals surface area contributed by atoms with Gasteiger partial charge in [-0.2, -0.15) is 0 Å². The molecule has 1 aliphatic rings. The average molecular weight is 288 g/mol. The first-order chi connectivity index (χ1) is 8.99. The molecule has 0 bridgehead atoms. The molecule has 102 valence electrons. The number of benzene rings is 1. The van der Waals surface area contributed by atoms with Crippen molar-refractivity contribution >= 4 is 23.5 Å². The van der Waals surface area contributed by atoms with Crippen molar-refractivity contribution in [3.8, 4) is 0 Å². The molecule has 7 heteroatoms. The highest BCUT2D eigenvalue weighted by Gasteiger charge is 2.35. The normalized spacial score (nSPS) is 22.2. The first-order valence-electron chi connectivity index (χ1n) is 5.55. The van der Waals surface area contributed by atoms with E-state index in [9.17, 15) is 14.0 Å². The van der Waals surface area contributed by atoms with Crippen molar-refractivity contribution in [1.82, 2.24) is 5.32 Å². The Morgan fingerprint density at radius 2 is 2.16 bits per heavy atom. The van der Waals surface area contributed by atoms with E-state index in [0.717, 1.165) is 6.07 Å². The van der Waals surface area contributed by atoms with Crippen LogP contribution in [0.3, 0.4) is 0 Å². The number of carboxylic acid groups (broad SMARTS) is 1. The number of halogens is 2. The molecule has 1 saturated heterocycles. The molecule has 0 aliphatic carbocycles. The van der Waals surface area contributed by atoms with Crippen LogP contribution in [0.1, 0.15) is 10.4 Å². The fraction of sp³-hybridized carbons (Fsp3) is 0.333. The van der Waals surface area contributed by atoms with Gasteiger partial charge in [-0.15, -0.1) is 0 Å². The highest BCUT2D eigenvalue weighted by atomic mass is 35.5. The second-order valence-corrected chi connectivity index (χ2v) is 4.62. The van der Waals surface area contributed by atoms with E-state index >= 15 is 0 Å². The van der Waals surface area contributed by atoms with E-state index in [4.69, 9.17) is 21.4 Å². The molecule has 0 spiro atoms. The molecule has 0 saturated carbocycles. The van der Waals surface area contributed by atoms with Crippen LogP contribution in [0.4, 0.5) is 4.39 Å². The number of carbonyl (C=O) groups excluding carboxylic acids is 1. The number of carboxylic acids is 1. The Bertz CT molecular complexity index is 522. The molecular formula is C12H11ClFNO4. The van der Waals surface area contributed by atoms with Crippen LogP contribution in [0.15, 0.2) is 18.2 Å². The van der Waals surface area contributed by atoms with E-state index in [1.807, 2.05) is 0 Å². The molecule has 1 aliphatic heterocycles. The Morgan fingerprint density at radius 1 is 1.42 bits per heavy atom. The molecule has 2 rings (SSSR count).